The first-order valence-electron chi connectivity index (χ1n) is 6.05. The largest absolute Gasteiger partial charge is 0.478 e. The zero-order chi connectivity index (χ0) is 15.3. The molecular formula is C13H18FN3O3. The number of aromatic carboxylic acids is 1. The number of carboxylic acids is 1. The van der Waals surface area contributed by atoms with Gasteiger partial charge in [0, 0.05) is 12.6 Å². The Morgan fingerprint density at radius 1 is 1.40 bits per heavy atom. The average Bonchev–Trinajstić information content (AvgIpc) is 2.29. The van der Waals surface area contributed by atoms with Gasteiger partial charge in [-0.05, 0) is 33.2 Å². The Kier molecular flexibility index (Phi) is 5.45. The molecule has 0 heterocycles. The molecular weight excluding hydrogens is 265 g/mol. The Balaban J connectivity index is 2.78. The molecule has 2 amide bonds. The first kappa shape index (κ1) is 15.9. The lowest BCUT2D eigenvalue weighted by atomic mass is 10.1. The second-order valence-electron chi connectivity index (χ2n) is 4.73. The van der Waals surface area contributed by atoms with E-state index in [1.165, 1.54) is 12.1 Å². The highest BCUT2D eigenvalue weighted by Gasteiger charge is 2.17. The van der Waals surface area contributed by atoms with Gasteiger partial charge in [0.05, 0.1) is 11.3 Å². The minimum atomic E-state index is -1.30. The first-order chi connectivity index (χ1) is 9.31. The third kappa shape index (κ3) is 4.51. The molecule has 1 aromatic carbocycles. The predicted molar refractivity (Wildman–Crippen MR) is 73.5 cm³/mol. The molecule has 0 radical (unpaired) electrons. The van der Waals surface area contributed by atoms with Crippen LogP contribution in [0.15, 0.2) is 18.2 Å². The van der Waals surface area contributed by atoms with Crippen LogP contribution in [-0.4, -0.2) is 48.7 Å². The molecule has 0 fully saturated rings. The van der Waals surface area contributed by atoms with Crippen LogP contribution < -0.4 is 10.6 Å². The number of likely N-dealkylation sites (N-methyl/N-ethyl adjacent to an activating group) is 1. The lowest BCUT2D eigenvalue weighted by Gasteiger charge is -2.19. The normalized spacial score (nSPS) is 12.1. The van der Waals surface area contributed by atoms with E-state index in [0.717, 1.165) is 6.07 Å². The number of nitrogens with zero attached hydrogens (tertiary/aromatic N) is 1. The van der Waals surface area contributed by atoms with Gasteiger partial charge in [0.2, 0.25) is 0 Å². The van der Waals surface area contributed by atoms with Crippen molar-refractivity contribution in [1.82, 2.24) is 10.2 Å². The van der Waals surface area contributed by atoms with Gasteiger partial charge in [-0.2, -0.15) is 0 Å². The highest BCUT2D eigenvalue weighted by atomic mass is 19.1. The van der Waals surface area contributed by atoms with E-state index in [4.69, 9.17) is 5.11 Å². The lowest BCUT2D eigenvalue weighted by molar-refractivity contribution is 0.0697. The minimum Gasteiger partial charge on any atom is -0.478 e. The second-order valence-corrected chi connectivity index (χ2v) is 4.73. The number of benzene rings is 1. The van der Waals surface area contributed by atoms with Crippen molar-refractivity contribution >= 4 is 17.7 Å². The van der Waals surface area contributed by atoms with Crippen LogP contribution in [0.2, 0.25) is 0 Å². The number of urea groups is 1. The third-order valence-electron chi connectivity index (χ3n) is 2.50. The number of rotatable bonds is 5. The van der Waals surface area contributed by atoms with Gasteiger partial charge in [0.1, 0.15) is 5.82 Å². The number of amides is 2. The Labute approximate surface area is 116 Å². The van der Waals surface area contributed by atoms with Gasteiger partial charge in [-0.15, -0.1) is 0 Å². The van der Waals surface area contributed by atoms with Gasteiger partial charge in [-0.3, -0.25) is 0 Å². The summed E-state index contributed by atoms with van der Waals surface area (Å²) in [5.74, 6) is -2.10. The van der Waals surface area contributed by atoms with Crippen LogP contribution in [0.25, 0.3) is 0 Å². The highest BCUT2D eigenvalue weighted by molar-refractivity contribution is 6.00. The van der Waals surface area contributed by atoms with Crippen molar-refractivity contribution in [2.45, 2.75) is 13.0 Å². The minimum absolute atomic E-state index is 0.162. The lowest BCUT2D eigenvalue weighted by Crippen LogP contribution is -2.42. The summed E-state index contributed by atoms with van der Waals surface area (Å²) in [7, 11) is 3.71. The number of nitrogens with one attached hydrogen (secondary N) is 2. The summed E-state index contributed by atoms with van der Waals surface area (Å²) in [4.78, 5) is 24.6. The van der Waals surface area contributed by atoms with Crippen molar-refractivity contribution in [3.8, 4) is 0 Å². The topological polar surface area (TPSA) is 81.7 Å². The molecule has 0 spiro atoms. The maximum Gasteiger partial charge on any atom is 0.337 e. The molecule has 0 saturated carbocycles. The standard InChI is InChI=1S/C13H18FN3O3/c1-8(7-17(2)3)15-13(20)16-11-9(12(18)19)5-4-6-10(11)14/h4-6,8H,7H2,1-3H3,(H,18,19)(H2,15,16,20). The van der Waals surface area contributed by atoms with Crippen LogP contribution in [0.3, 0.4) is 0 Å². The SMILES string of the molecule is CC(CN(C)C)NC(=O)Nc1c(F)cccc1C(=O)O. The van der Waals surface area contributed by atoms with Crippen molar-refractivity contribution in [2.24, 2.45) is 0 Å². The van der Waals surface area contributed by atoms with Crippen molar-refractivity contribution in [3.05, 3.63) is 29.6 Å². The summed E-state index contributed by atoms with van der Waals surface area (Å²) >= 11 is 0. The molecule has 1 rings (SSSR count). The molecule has 6 nitrogen and oxygen atoms in total. The molecule has 0 aliphatic carbocycles. The number of halogens is 1. The van der Waals surface area contributed by atoms with Crippen molar-refractivity contribution < 1.29 is 19.1 Å². The molecule has 0 saturated heterocycles. The smallest absolute Gasteiger partial charge is 0.337 e. The van der Waals surface area contributed by atoms with E-state index in [2.05, 4.69) is 10.6 Å². The fourth-order valence-corrected chi connectivity index (χ4v) is 1.80. The predicted octanol–water partition coefficient (Wildman–Crippen LogP) is 1.60. The summed E-state index contributed by atoms with van der Waals surface area (Å²) in [5.41, 5.74) is -0.630. The fraction of sp³-hybridized carbons (Fsp3) is 0.385. The van der Waals surface area contributed by atoms with Gasteiger partial charge in [-0.1, -0.05) is 6.07 Å². The first-order valence-corrected chi connectivity index (χ1v) is 6.05. The summed E-state index contributed by atoms with van der Waals surface area (Å²) in [6.07, 6.45) is 0. The number of carboxylic acid groups (broad SMARTS) is 1. The molecule has 0 bridgehead atoms. The van der Waals surface area contributed by atoms with Crippen LogP contribution in [0, 0.1) is 5.82 Å². The summed E-state index contributed by atoms with van der Waals surface area (Å²) in [5, 5.41) is 13.8. The number of carbonyl (C=O) groups excluding carboxylic acids is 1. The quantitative estimate of drug-likeness (QED) is 0.766. The van der Waals surface area contributed by atoms with E-state index < -0.39 is 17.8 Å². The van der Waals surface area contributed by atoms with Gasteiger partial charge < -0.3 is 20.6 Å². The average molecular weight is 283 g/mol. The van der Waals surface area contributed by atoms with E-state index in [1.54, 1.807) is 6.92 Å². The number of carbonyl (C=O) groups is 2. The highest BCUT2D eigenvalue weighted by Crippen LogP contribution is 2.19. The molecule has 0 aliphatic heterocycles. The van der Waals surface area contributed by atoms with E-state index in [-0.39, 0.29) is 17.3 Å². The number of para-hydroxylation sites is 1. The number of hydrogen-bond donors (Lipinski definition) is 3. The molecule has 7 heteroatoms. The molecule has 3 N–H and O–H groups in total. The van der Waals surface area contributed by atoms with Crippen LogP contribution in [0.5, 0.6) is 0 Å². The van der Waals surface area contributed by atoms with E-state index in [9.17, 15) is 14.0 Å². The second kappa shape index (κ2) is 6.85. The van der Waals surface area contributed by atoms with Gasteiger partial charge in [0.15, 0.2) is 0 Å². The molecule has 1 unspecified atom stereocenters. The molecule has 0 aliphatic rings. The molecule has 20 heavy (non-hydrogen) atoms. The van der Waals surface area contributed by atoms with Crippen LogP contribution in [0.1, 0.15) is 17.3 Å². The zero-order valence-electron chi connectivity index (χ0n) is 11.6. The van der Waals surface area contributed by atoms with E-state index in [1.807, 2.05) is 19.0 Å². The van der Waals surface area contributed by atoms with Crippen LogP contribution >= 0.6 is 0 Å². The Bertz CT molecular complexity index is 506. The monoisotopic (exact) mass is 283 g/mol. The summed E-state index contributed by atoms with van der Waals surface area (Å²) in [6, 6.07) is 2.78. The van der Waals surface area contributed by atoms with Gasteiger partial charge >= 0.3 is 12.0 Å². The summed E-state index contributed by atoms with van der Waals surface area (Å²) < 4.78 is 13.6. The number of hydrogen-bond acceptors (Lipinski definition) is 3. The van der Waals surface area contributed by atoms with Crippen LogP contribution in [0.4, 0.5) is 14.9 Å². The summed E-state index contributed by atoms with van der Waals surface area (Å²) in [6.45, 7) is 2.40. The maximum atomic E-state index is 13.6. The fourth-order valence-electron chi connectivity index (χ4n) is 1.80. The third-order valence-corrected chi connectivity index (χ3v) is 2.50. The molecule has 110 valence electrons. The van der Waals surface area contributed by atoms with E-state index in [0.29, 0.717) is 6.54 Å². The van der Waals surface area contributed by atoms with Gasteiger partial charge in [-0.25, -0.2) is 14.0 Å². The molecule has 1 aromatic rings. The molecule has 1 atom stereocenters. The Morgan fingerprint density at radius 3 is 2.60 bits per heavy atom. The Hall–Kier alpha value is -2.15. The maximum absolute atomic E-state index is 13.6. The van der Waals surface area contributed by atoms with Crippen molar-refractivity contribution in [3.63, 3.8) is 0 Å². The Morgan fingerprint density at radius 2 is 2.05 bits per heavy atom. The van der Waals surface area contributed by atoms with Crippen molar-refractivity contribution in [1.29, 1.82) is 0 Å². The molecule has 0 aromatic heterocycles. The van der Waals surface area contributed by atoms with Gasteiger partial charge in [0.25, 0.3) is 0 Å². The zero-order valence-corrected chi connectivity index (χ0v) is 11.6. The van der Waals surface area contributed by atoms with Crippen LogP contribution in [-0.2, 0) is 0 Å². The van der Waals surface area contributed by atoms with Crippen molar-refractivity contribution in [2.75, 3.05) is 26.0 Å². The number of anilines is 1. The van der Waals surface area contributed by atoms with E-state index >= 15 is 0 Å².